The maximum absolute atomic E-state index is 13.1. The maximum Gasteiger partial charge on any atom is 0.272 e. The van der Waals surface area contributed by atoms with Crippen LogP contribution in [0.4, 0.5) is 20.4 Å². The topological polar surface area (TPSA) is 103 Å². The van der Waals surface area contributed by atoms with Crippen LogP contribution in [-0.4, -0.2) is 75.6 Å². The monoisotopic (exact) mass is 580 g/mol. The van der Waals surface area contributed by atoms with Crippen LogP contribution < -0.4 is 10.6 Å². The molecular weight excluding hydrogens is 550 g/mol. The van der Waals surface area contributed by atoms with Gasteiger partial charge in [0.2, 0.25) is 11.9 Å². The van der Waals surface area contributed by atoms with Gasteiger partial charge in [-0.25, -0.2) is 13.8 Å². The van der Waals surface area contributed by atoms with E-state index in [0.29, 0.717) is 23.4 Å². The average molecular weight is 581 g/mol. The number of β-amino-alcohol motifs (C(OH)–C–C–N with tert-alkyl or cyclic N) is 1. The number of thiophene rings is 1. The Morgan fingerprint density at radius 3 is 2.54 bits per heavy atom. The molecule has 12 heteroatoms. The molecule has 41 heavy (non-hydrogen) atoms. The molecule has 1 saturated heterocycles. The first kappa shape index (κ1) is 28.6. The first-order chi connectivity index (χ1) is 19.8. The largest absolute Gasteiger partial charge is 0.395 e. The van der Waals surface area contributed by atoms with Gasteiger partial charge in [-0.2, -0.15) is 0 Å². The predicted octanol–water partition coefficient (Wildman–Crippen LogP) is 4.51. The molecule has 214 valence electrons. The lowest BCUT2D eigenvalue weighted by Crippen LogP contribution is -2.46. The average Bonchev–Trinajstić information content (AvgIpc) is 3.60. The first-order valence-electron chi connectivity index (χ1n) is 13.1. The van der Waals surface area contributed by atoms with Crippen molar-refractivity contribution >= 4 is 45.8 Å². The van der Waals surface area contributed by atoms with Crippen LogP contribution in [0.1, 0.15) is 26.5 Å². The van der Waals surface area contributed by atoms with Gasteiger partial charge in [0.05, 0.1) is 33.1 Å². The van der Waals surface area contributed by atoms with Crippen LogP contribution in [0, 0.1) is 0 Å². The van der Waals surface area contributed by atoms with Crippen molar-refractivity contribution in [3.05, 3.63) is 82.6 Å². The Morgan fingerprint density at radius 1 is 1.05 bits per heavy atom. The summed E-state index contributed by atoms with van der Waals surface area (Å²) in [5.74, 6) is -0.685. The molecule has 0 radical (unpaired) electrons. The van der Waals surface area contributed by atoms with Gasteiger partial charge in [0.25, 0.3) is 12.3 Å². The number of imidazole rings is 1. The molecule has 0 bridgehead atoms. The fourth-order valence-corrected chi connectivity index (χ4v) is 5.57. The number of anilines is 2. The molecule has 1 aliphatic rings. The molecule has 9 nitrogen and oxygen atoms in total. The third-order valence-electron chi connectivity index (χ3n) is 6.85. The summed E-state index contributed by atoms with van der Waals surface area (Å²) in [7, 11) is 0. The van der Waals surface area contributed by atoms with Gasteiger partial charge in [-0.3, -0.25) is 29.3 Å². The number of fused-ring (bicyclic) bond motifs is 1. The highest BCUT2D eigenvalue weighted by molar-refractivity contribution is 7.14. The van der Waals surface area contributed by atoms with E-state index in [1.807, 2.05) is 24.3 Å². The zero-order chi connectivity index (χ0) is 28.9. The summed E-state index contributed by atoms with van der Waals surface area (Å²) < 4.78 is 28.0. The number of hydrogen-bond acceptors (Lipinski definition) is 7. The van der Waals surface area contributed by atoms with E-state index in [2.05, 4.69) is 27.0 Å². The van der Waals surface area contributed by atoms with E-state index in [1.54, 1.807) is 22.8 Å². The molecule has 2 aromatic heterocycles. The quantitative estimate of drug-likeness (QED) is 0.239. The fraction of sp³-hybridized carbons (Fsp3) is 0.276. The number of rotatable bonds is 10. The molecule has 0 spiro atoms. The van der Waals surface area contributed by atoms with Gasteiger partial charge in [0.1, 0.15) is 0 Å². The molecule has 0 atom stereocenters. The zero-order valence-electron chi connectivity index (χ0n) is 22.2. The van der Waals surface area contributed by atoms with Crippen LogP contribution in [0.2, 0.25) is 0 Å². The number of halogens is 2. The Kier molecular flexibility index (Phi) is 8.84. The Morgan fingerprint density at radius 2 is 1.83 bits per heavy atom. The van der Waals surface area contributed by atoms with Crippen LogP contribution in [0.5, 0.6) is 0 Å². The van der Waals surface area contributed by atoms with Crippen molar-refractivity contribution in [3.63, 3.8) is 0 Å². The molecule has 0 aliphatic carbocycles. The normalized spacial score (nSPS) is 14.4. The molecule has 4 aromatic rings. The smallest absolute Gasteiger partial charge is 0.272 e. The van der Waals surface area contributed by atoms with E-state index in [1.165, 1.54) is 18.2 Å². The number of aliphatic hydroxyl groups is 1. The highest BCUT2D eigenvalue weighted by Crippen LogP contribution is 2.30. The van der Waals surface area contributed by atoms with E-state index in [-0.39, 0.29) is 28.2 Å². The molecule has 1 aliphatic heterocycles. The van der Waals surface area contributed by atoms with E-state index >= 15 is 0 Å². The van der Waals surface area contributed by atoms with Gasteiger partial charge >= 0.3 is 0 Å². The van der Waals surface area contributed by atoms with Crippen LogP contribution in [0.15, 0.2) is 67.3 Å². The molecule has 5 rings (SSSR count). The number of nitrogens with one attached hydrogen (secondary N) is 2. The number of carbonyl (C=O) groups is 2. The van der Waals surface area contributed by atoms with Crippen molar-refractivity contribution < 1.29 is 23.5 Å². The lowest BCUT2D eigenvalue weighted by atomic mass is 10.1. The number of aliphatic hydroxyl groups excluding tert-OH is 1. The van der Waals surface area contributed by atoms with Crippen molar-refractivity contribution in [3.8, 4) is 5.69 Å². The van der Waals surface area contributed by atoms with Gasteiger partial charge in [0, 0.05) is 45.0 Å². The van der Waals surface area contributed by atoms with Gasteiger partial charge in [-0.15, -0.1) is 11.3 Å². The molecule has 3 heterocycles. The number of benzene rings is 2. The van der Waals surface area contributed by atoms with Crippen molar-refractivity contribution in [1.29, 1.82) is 0 Å². The van der Waals surface area contributed by atoms with Gasteiger partial charge in [0.15, 0.2) is 0 Å². The minimum atomic E-state index is -2.66. The summed E-state index contributed by atoms with van der Waals surface area (Å²) in [6.07, 6.45) is -1.48. The van der Waals surface area contributed by atoms with Crippen LogP contribution in [0.3, 0.4) is 0 Å². The third kappa shape index (κ3) is 6.68. The lowest BCUT2D eigenvalue weighted by Gasteiger charge is -2.34. The summed E-state index contributed by atoms with van der Waals surface area (Å²) >= 11 is 0.735. The highest BCUT2D eigenvalue weighted by Gasteiger charge is 2.21. The molecular formula is C29H30F2N6O3S. The Hall–Kier alpha value is -3.97. The van der Waals surface area contributed by atoms with Crippen LogP contribution >= 0.6 is 11.3 Å². The SMILES string of the molecule is C=CC(=O)Nc1cccc(-n2c(NC(=O)c3ccc(C(F)F)s3)nc3cc(CN4CCN(CCO)CC4)ccc32)c1. The number of piperazine rings is 1. The molecule has 3 N–H and O–H groups in total. The standard InChI is InChI=1S/C29H30F2N6O3S/c1-2-26(39)32-20-4-3-5-21(17-20)37-23-7-6-19(18-36-12-10-35(11-13-36)14-15-38)16-22(23)33-29(37)34-28(40)25-9-8-24(41-25)27(30)31/h2-9,16-17,27,38H,1,10-15,18H2,(H,32,39)(H,33,34,40). The number of amides is 2. The van der Waals surface area contributed by atoms with Crippen molar-refractivity contribution in [2.75, 3.05) is 50.0 Å². The maximum atomic E-state index is 13.1. The number of hydrogen-bond donors (Lipinski definition) is 3. The van der Waals surface area contributed by atoms with E-state index in [9.17, 15) is 23.5 Å². The summed E-state index contributed by atoms with van der Waals surface area (Å²) in [6, 6.07) is 15.6. The Labute approximate surface area is 239 Å². The third-order valence-corrected chi connectivity index (χ3v) is 7.95. The summed E-state index contributed by atoms with van der Waals surface area (Å²) in [4.78, 5) is 34.2. The second-order valence-electron chi connectivity index (χ2n) is 9.64. The van der Waals surface area contributed by atoms with E-state index in [4.69, 9.17) is 4.98 Å². The predicted molar refractivity (Wildman–Crippen MR) is 156 cm³/mol. The summed E-state index contributed by atoms with van der Waals surface area (Å²) in [6.45, 7) is 8.60. The second-order valence-corrected chi connectivity index (χ2v) is 10.8. The van der Waals surface area contributed by atoms with Crippen molar-refractivity contribution in [1.82, 2.24) is 19.4 Å². The Balaban J connectivity index is 1.47. The summed E-state index contributed by atoms with van der Waals surface area (Å²) in [5, 5.41) is 14.7. The minimum absolute atomic E-state index is 0.145. The number of alkyl halides is 2. The first-order valence-corrected chi connectivity index (χ1v) is 14.0. The van der Waals surface area contributed by atoms with Crippen molar-refractivity contribution in [2.24, 2.45) is 0 Å². The Bertz CT molecular complexity index is 1560. The minimum Gasteiger partial charge on any atom is -0.395 e. The highest BCUT2D eigenvalue weighted by atomic mass is 32.1. The molecule has 2 amide bonds. The molecule has 0 unspecified atom stereocenters. The number of aromatic nitrogens is 2. The lowest BCUT2D eigenvalue weighted by molar-refractivity contribution is -0.111. The zero-order valence-corrected chi connectivity index (χ0v) is 23.0. The molecule has 2 aromatic carbocycles. The number of nitrogens with zero attached hydrogens (tertiary/aromatic N) is 4. The van der Waals surface area contributed by atoms with Gasteiger partial charge in [-0.1, -0.05) is 18.7 Å². The van der Waals surface area contributed by atoms with E-state index in [0.717, 1.165) is 55.1 Å². The van der Waals surface area contributed by atoms with Gasteiger partial charge < -0.3 is 10.4 Å². The summed E-state index contributed by atoms with van der Waals surface area (Å²) in [5.41, 5.74) is 3.60. The van der Waals surface area contributed by atoms with Crippen molar-refractivity contribution in [2.45, 2.75) is 13.0 Å². The second kappa shape index (κ2) is 12.7. The molecule has 0 saturated carbocycles. The molecule has 1 fully saturated rings. The van der Waals surface area contributed by atoms with Gasteiger partial charge in [-0.05, 0) is 54.1 Å². The van der Waals surface area contributed by atoms with Crippen LogP contribution in [0.25, 0.3) is 16.7 Å². The van der Waals surface area contributed by atoms with E-state index < -0.39 is 12.3 Å². The van der Waals surface area contributed by atoms with Crippen LogP contribution in [-0.2, 0) is 11.3 Å². The number of carbonyl (C=O) groups excluding carboxylic acids is 2. The fourth-order valence-electron chi connectivity index (χ4n) is 4.81.